The van der Waals surface area contributed by atoms with Crippen LogP contribution in [0.4, 0.5) is 0 Å². The number of benzene rings is 2. The number of phenolic OH excluding ortho intramolecular Hbond substituents is 1. The van der Waals surface area contributed by atoms with Gasteiger partial charge in [-0.25, -0.2) is 5.43 Å². The van der Waals surface area contributed by atoms with E-state index < -0.39 is 0 Å². The Morgan fingerprint density at radius 1 is 1.23 bits per heavy atom. The molecule has 0 atom stereocenters. The number of hydrogen-bond acceptors (Lipinski definition) is 4. The highest BCUT2D eigenvalue weighted by molar-refractivity contribution is 7.21. The predicted molar refractivity (Wildman–Crippen MR) is 109 cm³/mol. The van der Waals surface area contributed by atoms with Crippen molar-refractivity contribution in [3.63, 3.8) is 0 Å². The molecule has 2 N–H and O–H groups in total. The Morgan fingerprint density at radius 2 is 1.96 bits per heavy atom. The summed E-state index contributed by atoms with van der Waals surface area (Å²) >= 11 is 7.62. The largest absolute Gasteiger partial charge is 0.507 e. The smallest absolute Gasteiger partial charge is 0.283 e. The van der Waals surface area contributed by atoms with Gasteiger partial charge in [0.1, 0.15) is 10.6 Å². The summed E-state index contributed by atoms with van der Waals surface area (Å²) in [6, 6.07) is 12.9. The summed E-state index contributed by atoms with van der Waals surface area (Å²) in [4.78, 5) is 12.8. The van der Waals surface area contributed by atoms with Crippen LogP contribution in [-0.2, 0) is 5.41 Å². The second kappa shape index (κ2) is 7.09. The van der Waals surface area contributed by atoms with E-state index in [4.69, 9.17) is 11.6 Å². The number of phenols is 1. The number of aromatic hydroxyl groups is 1. The zero-order valence-electron chi connectivity index (χ0n) is 14.7. The van der Waals surface area contributed by atoms with Crippen LogP contribution in [0.3, 0.4) is 0 Å². The molecule has 1 heterocycles. The van der Waals surface area contributed by atoms with Crippen LogP contribution in [0.1, 0.15) is 41.6 Å². The molecule has 0 saturated carbocycles. The Bertz CT molecular complexity index is 1000. The van der Waals surface area contributed by atoms with Crippen molar-refractivity contribution in [3.8, 4) is 5.75 Å². The Kier molecular flexibility index (Phi) is 5.03. The van der Waals surface area contributed by atoms with Crippen molar-refractivity contribution in [2.45, 2.75) is 26.2 Å². The maximum absolute atomic E-state index is 12.4. The number of rotatable bonds is 3. The number of nitrogens with one attached hydrogen (secondary N) is 1. The highest BCUT2D eigenvalue weighted by Gasteiger charge is 2.17. The predicted octanol–water partition coefficient (Wildman–Crippen LogP) is 5.32. The Labute approximate surface area is 161 Å². The van der Waals surface area contributed by atoms with Gasteiger partial charge in [-0.2, -0.15) is 5.10 Å². The maximum atomic E-state index is 12.4. The summed E-state index contributed by atoms with van der Waals surface area (Å²) in [7, 11) is 0. The maximum Gasteiger partial charge on any atom is 0.283 e. The van der Waals surface area contributed by atoms with Crippen LogP contribution >= 0.6 is 22.9 Å². The van der Waals surface area contributed by atoms with E-state index in [2.05, 4.69) is 31.3 Å². The molecule has 0 bridgehead atoms. The number of nitrogens with zero attached hydrogens (tertiary/aromatic N) is 1. The number of fused-ring (bicyclic) bond motifs is 1. The van der Waals surface area contributed by atoms with Crippen LogP contribution in [0.15, 0.2) is 47.6 Å². The monoisotopic (exact) mass is 386 g/mol. The fraction of sp³-hybridized carbons (Fsp3) is 0.200. The minimum absolute atomic E-state index is 0.0514. The van der Waals surface area contributed by atoms with E-state index in [-0.39, 0.29) is 17.1 Å². The molecular formula is C20H19ClN2O2S. The number of thiophene rings is 1. The van der Waals surface area contributed by atoms with E-state index in [1.54, 1.807) is 6.07 Å². The average molecular weight is 387 g/mol. The molecule has 26 heavy (non-hydrogen) atoms. The molecule has 6 heteroatoms. The van der Waals surface area contributed by atoms with Crippen molar-refractivity contribution >= 4 is 45.1 Å². The lowest BCUT2D eigenvalue weighted by atomic mass is 9.86. The van der Waals surface area contributed by atoms with Crippen molar-refractivity contribution in [2.75, 3.05) is 0 Å². The molecule has 0 saturated heterocycles. The van der Waals surface area contributed by atoms with Crippen LogP contribution in [0.25, 0.3) is 10.1 Å². The topological polar surface area (TPSA) is 61.7 Å². The number of carbonyl (C=O) groups excluding carboxylic acids is 1. The van der Waals surface area contributed by atoms with Crippen LogP contribution in [0, 0.1) is 0 Å². The molecule has 3 aromatic rings. The number of hydrazone groups is 1. The van der Waals surface area contributed by atoms with E-state index in [9.17, 15) is 9.90 Å². The van der Waals surface area contributed by atoms with Gasteiger partial charge in [-0.3, -0.25) is 4.79 Å². The lowest BCUT2D eigenvalue weighted by Crippen LogP contribution is -2.16. The zero-order chi connectivity index (χ0) is 18.9. The molecule has 0 radical (unpaired) electrons. The highest BCUT2D eigenvalue weighted by atomic mass is 35.5. The SMILES string of the molecule is CC(C)(C)c1ccc(O)c(/C=N\NC(=O)c2sc3ccccc3c2Cl)c1. The lowest BCUT2D eigenvalue weighted by Gasteiger charge is -2.19. The third-order valence-electron chi connectivity index (χ3n) is 4.00. The van der Waals surface area contributed by atoms with E-state index in [1.165, 1.54) is 17.6 Å². The van der Waals surface area contributed by atoms with Gasteiger partial charge in [0.25, 0.3) is 5.91 Å². The average Bonchev–Trinajstić information content (AvgIpc) is 2.93. The molecule has 0 spiro atoms. The number of halogens is 1. The van der Waals surface area contributed by atoms with Gasteiger partial charge in [0.05, 0.1) is 11.2 Å². The molecule has 0 aliphatic heterocycles. The van der Waals surface area contributed by atoms with E-state index in [0.29, 0.717) is 15.5 Å². The van der Waals surface area contributed by atoms with Crippen molar-refractivity contribution in [1.82, 2.24) is 5.43 Å². The molecule has 0 aliphatic rings. The molecule has 2 aromatic carbocycles. The van der Waals surface area contributed by atoms with Gasteiger partial charge >= 0.3 is 0 Å². The minimum atomic E-state index is -0.376. The fourth-order valence-corrected chi connectivity index (χ4v) is 3.90. The third kappa shape index (κ3) is 3.74. The van der Waals surface area contributed by atoms with Crippen LogP contribution in [0.2, 0.25) is 5.02 Å². The molecule has 1 amide bonds. The highest BCUT2D eigenvalue weighted by Crippen LogP contribution is 2.35. The van der Waals surface area contributed by atoms with Gasteiger partial charge < -0.3 is 5.11 Å². The van der Waals surface area contributed by atoms with Crippen molar-refractivity contribution in [2.24, 2.45) is 5.10 Å². The summed E-state index contributed by atoms with van der Waals surface area (Å²) in [6.45, 7) is 6.27. The van der Waals surface area contributed by atoms with E-state index in [1.807, 2.05) is 36.4 Å². The van der Waals surface area contributed by atoms with Gasteiger partial charge in [0.15, 0.2) is 0 Å². The first kappa shape index (κ1) is 18.4. The van der Waals surface area contributed by atoms with Gasteiger partial charge in [-0.15, -0.1) is 11.3 Å². The quantitative estimate of drug-likeness (QED) is 0.472. The van der Waals surface area contributed by atoms with E-state index in [0.717, 1.165) is 15.6 Å². The lowest BCUT2D eigenvalue weighted by molar-refractivity contribution is 0.0959. The fourth-order valence-electron chi connectivity index (χ4n) is 2.50. The minimum Gasteiger partial charge on any atom is -0.507 e. The number of carbonyl (C=O) groups is 1. The second-order valence-corrected chi connectivity index (χ2v) is 8.39. The zero-order valence-corrected chi connectivity index (χ0v) is 16.3. The molecule has 0 aliphatic carbocycles. The summed E-state index contributed by atoms with van der Waals surface area (Å²) < 4.78 is 0.946. The molecule has 3 rings (SSSR count). The molecule has 1 aromatic heterocycles. The number of hydrogen-bond donors (Lipinski definition) is 2. The molecule has 0 fully saturated rings. The van der Waals surface area contributed by atoms with Gasteiger partial charge in [-0.1, -0.05) is 56.6 Å². The number of amides is 1. The van der Waals surface area contributed by atoms with E-state index >= 15 is 0 Å². The summed E-state index contributed by atoms with van der Waals surface area (Å²) in [5.74, 6) is -0.269. The van der Waals surface area contributed by atoms with Crippen LogP contribution < -0.4 is 5.43 Å². The van der Waals surface area contributed by atoms with Crippen molar-refractivity contribution in [1.29, 1.82) is 0 Å². The standard InChI is InChI=1S/C20H19ClN2O2S/c1-20(2,3)13-8-9-15(24)12(10-13)11-22-23-19(25)18-17(21)14-6-4-5-7-16(14)26-18/h4-11,24H,1-3H3,(H,23,25)/b22-11-. The van der Waals surface area contributed by atoms with Gasteiger partial charge in [0.2, 0.25) is 0 Å². The first-order valence-electron chi connectivity index (χ1n) is 8.11. The first-order valence-corrected chi connectivity index (χ1v) is 9.31. The van der Waals surface area contributed by atoms with Gasteiger partial charge in [0, 0.05) is 15.6 Å². The molecule has 134 valence electrons. The normalized spacial score (nSPS) is 12.0. The second-order valence-electron chi connectivity index (χ2n) is 6.96. The molecule has 4 nitrogen and oxygen atoms in total. The Balaban J connectivity index is 1.80. The molecule has 0 unspecified atom stereocenters. The summed E-state index contributed by atoms with van der Waals surface area (Å²) in [5.41, 5.74) is 4.04. The first-order chi connectivity index (χ1) is 12.3. The van der Waals surface area contributed by atoms with Crippen molar-refractivity contribution < 1.29 is 9.90 Å². The summed E-state index contributed by atoms with van der Waals surface area (Å²) in [5, 5.41) is 15.3. The summed E-state index contributed by atoms with van der Waals surface area (Å²) in [6.07, 6.45) is 1.43. The van der Waals surface area contributed by atoms with Gasteiger partial charge in [-0.05, 0) is 29.2 Å². The van der Waals surface area contributed by atoms with Crippen molar-refractivity contribution in [3.05, 3.63) is 63.5 Å². The van der Waals surface area contributed by atoms with Crippen LogP contribution in [-0.4, -0.2) is 17.2 Å². The Morgan fingerprint density at radius 3 is 2.65 bits per heavy atom. The molecular weight excluding hydrogens is 368 g/mol. The third-order valence-corrected chi connectivity index (χ3v) is 5.68. The Hall–Kier alpha value is -2.37. The van der Waals surface area contributed by atoms with Crippen LogP contribution in [0.5, 0.6) is 5.75 Å².